The van der Waals surface area contributed by atoms with E-state index in [1.54, 1.807) is 35.3 Å². The van der Waals surface area contributed by atoms with Crippen LogP contribution in [0, 0.1) is 0 Å². The first kappa shape index (κ1) is 16.6. The molecule has 0 atom stereocenters. The molecule has 0 unspecified atom stereocenters. The predicted octanol–water partition coefficient (Wildman–Crippen LogP) is 0.920. The largest absolute Gasteiger partial charge is 0.353 e. The minimum absolute atomic E-state index is 0.0130. The quantitative estimate of drug-likeness (QED) is 0.838. The Labute approximate surface area is 141 Å². The lowest BCUT2D eigenvalue weighted by molar-refractivity contribution is -0.129. The first-order valence-corrected chi connectivity index (χ1v) is 9.72. The lowest BCUT2D eigenvalue weighted by Crippen LogP contribution is -2.49. The van der Waals surface area contributed by atoms with Gasteiger partial charge >= 0.3 is 0 Å². The van der Waals surface area contributed by atoms with Crippen molar-refractivity contribution in [1.29, 1.82) is 0 Å². The molecule has 2 aromatic rings. The number of aromatic nitrogens is 3. The van der Waals surface area contributed by atoms with Gasteiger partial charge in [0.2, 0.25) is 5.91 Å². The van der Waals surface area contributed by atoms with Crippen LogP contribution in [0.2, 0.25) is 0 Å². The highest BCUT2D eigenvalue weighted by molar-refractivity contribution is 7.90. The topological polar surface area (TPSA) is 94.0 Å². The predicted molar refractivity (Wildman–Crippen MR) is 88.1 cm³/mol. The normalized spacial score (nSPS) is 16.4. The van der Waals surface area contributed by atoms with Gasteiger partial charge in [-0.3, -0.25) is 9.48 Å². The molecule has 1 amide bonds. The van der Waals surface area contributed by atoms with Gasteiger partial charge < -0.3 is 5.32 Å². The molecule has 0 saturated heterocycles. The average molecular weight is 348 g/mol. The molecule has 0 spiro atoms. The molecule has 1 fully saturated rings. The van der Waals surface area contributed by atoms with E-state index in [9.17, 15) is 13.2 Å². The Morgan fingerprint density at radius 1 is 1.29 bits per heavy atom. The van der Waals surface area contributed by atoms with Gasteiger partial charge in [0, 0.05) is 12.8 Å². The van der Waals surface area contributed by atoms with Crippen molar-refractivity contribution in [3.05, 3.63) is 42.5 Å². The van der Waals surface area contributed by atoms with Gasteiger partial charge in [0.25, 0.3) is 0 Å². The maximum Gasteiger partial charge on any atom is 0.230 e. The van der Waals surface area contributed by atoms with E-state index in [2.05, 4.69) is 15.4 Å². The SMILES string of the molecule is CS(=O)(=O)c1ccc(C2(C(=O)NCCn3cncn3)CCC2)cc1. The summed E-state index contributed by atoms with van der Waals surface area (Å²) in [6.45, 7) is 1.04. The van der Waals surface area contributed by atoms with E-state index in [-0.39, 0.29) is 10.8 Å². The second kappa shape index (κ2) is 6.35. The van der Waals surface area contributed by atoms with Gasteiger partial charge in [-0.2, -0.15) is 5.10 Å². The number of hydrogen-bond donors (Lipinski definition) is 1. The lowest BCUT2D eigenvalue weighted by Gasteiger charge is -2.40. The smallest absolute Gasteiger partial charge is 0.230 e. The highest BCUT2D eigenvalue weighted by Gasteiger charge is 2.45. The minimum Gasteiger partial charge on any atom is -0.353 e. The van der Waals surface area contributed by atoms with Gasteiger partial charge in [0.1, 0.15) is 12.7 Å². The molecule has 1 aromatic heterocycles. The van der Waals surface area contributed by atoms with E-state index < -0.39 is 15.3 Å². The number of hydrogen-bond acceptors (Lipinski definition) is 5. The first-order valence-electron chi connectivity index (χ1n) is 7.83. The number of nitrogens with zero attached hydrogens (tertiary/aromatic N) is 3. The summed E-state index contributed by atoms with van der Waals surface area (Å²) in [6.07, 6.45) is 6.79. The molecular formula is C16H20N4O3S. The summed E-state index contributed by atoms with van der Waals surface area (Å²) < 4.78 is 24.8. The Kier molecular flexibility index (Phi) is 4.40. The molecule has 1 saturated carbocycles. The third-order valence-corrected chi connectivity index (χ3v) is 5.70. The second-order valence-corrected chi connectivity index (χ2v) is 8.16. The Balaban J connectivity index is 1.70. The van der Waals surface area contributed by atoms with Crippen molar-refractivity contribution in [2.24, 2.45) is 0 Å². The van der Waals surface area contributed by atoms with Gasteiger partial charge in [-0.05, 0) is 30.5 Å². The van der Waals surface area contributed by atoms with E-state index in [1.807, 2.05) is 0 Å². The van der Waals surface area contributed by atoms with E-state index in [4.69, 9.17) is 0 Å². The number of rotatable bonds is 6. The molecule has 8 heteroatoms. The molecule has 1 aliphatic rings. The lowest BCUT2D eigenvalue weighted by atomic mass is 9.64. The molecule has 0 bridgehead atoms. The van der Waals surface area contributed by atoms with E-state index in [0.29, 0.717) is 13.1 Å². The van der Waals surface area contributed by atoms with Crippen LogP contribution in [0.5, 0.6) is 0 Å². The Hall–Kier alpha value is -2.22. The molecule has 1 aliphatic carbocycles. The third-order valence-electron chi connectivity index (χ3n) is 4.57. The first-order chi connectivity index (χ1) is 11.4. The summed E-state index contributed by atoms with van der Waals surface area (Å²) in [4.78, 5) is 16.8. The van der Waals surface area contributed by atoms with E-state index >= 15 is 0 Å². The van der Waals surface area contributed by atoms with Crippen molar-refractivity contribution in [2.75, 3.05) is 12.8 Å². The number of sulfone groups is 1. The minimum atomic E-state index is -3.23. The molecule has 1 N–H and O–H groups in total. The van der Waals surface area contributed by atoms with Crippen LogP contribution in [-0.4, -0.2) is 41.9 Å². The van der Waals surface area contributed by atoms with Crippen molar-refractivity contribution in [1.82, 2.24) is 20.1 Å². The molecule has 128 valence electrons. The fraction of sp³-hybridized carbons (Fsp3) is 0.438. The van der Waals surface area contributed by atoms with Gasteiger partial charge in [-0.1, -0.05) is 18.6 Å². The second-order valence-electron chi connectivity index (χ2n) is 6.15. The van der Waals surface area contributed by atoms with Crippen LogP contribution in [0.3, 0.4) is 0 Å². The fourth-order valence-corrected chi connectivity index (χ4v) is 3.63. The summed E-state index contributed by atoms with van der Waals surface area (Å²) in [7, 11) is -3.23. The van der Waals surface area contributed by atoms with Gasteiger partial charge in [-0.15, -0.1) is 0 Å². The Morgan fingerprint density at radius 3 is 2.50 bits per heavy atom. The van der Waals surface area contributed by atoms with E-state index in [0.717, 1.165) is 24.8 Å². The molecule has 1 aromatic carbocycles. The highest BCUT2D eigenvalue weighted by atomic mass is 32.2. The standard InChI is InChI=1S/C16H20N4O3S/c1-24(22,23)14-5-3-13(4-6-14)16(7-2-8-16)15(21)18-9-10-20-12-17-11-19-20/h3-6,11-12H,2,7-10H2,1H3,(H,18,21). The van der Waals surface area contributed by atoms with Crippen LogP contribution in [0.4, 0.5) is 0 Å². The van der Waals surface area contributed by atoms with Gasteiger partial charge in [-0.25, -0.2) is 13.4 Å². The Bertz CT molecular complexity index is 810. The van der Waals surface area contributed by atoms with Crippen LogP contribution >= 0.6 is 0 Å². The summed E-state index contributed by atoms with van der Waals surface area (Å²) in [5, 5.41) is 6.96. The zero-order valence-electron chi connectivity index (χ0n) is 13.5. The summed E-state index contributed by atoms with van der Waals surface area (Å²) in [5.74, 6) is -0.0130. The van der Waals surface area contributed by atoms with Crippen LogP contribution in [0.15, 0.2) is 41.8 Å². The number of carbonyl (C=O) groups excluding carboxylic acids is 1. The number of carbonyl (C=O) groups is 1. The third kappa shape index (κ3) is 3.19. The molecule has 7 nitrogen and oxygen atoms in total. The Morgan fingerprint density at radius 2 is 2.00 bits per heavy atom. The van der Waals surface area contributed by atoms with Crippen LogP contribution < -0.4 is 5.32 Å². The summed E-state index contributed by atoms with van der Waals surface area (Å²) in [6, 6.07) is 6.67. The zero-order valence-corrected chi connectivity index (χ0v) is 14.3. The molecule has 0 radical (unpaired) electrons. The molecule has 0 aliphatic heterocycles. The van der Waals surface area contributed by atoms with Crippen molar-refractivity contribution < 1.29 is 13.2 Å². The van der Waals surface area contributed by atoms with Crippen LogP contribution in [0.1, 0.15) is 24.8 Å². The molecule has 1 heterocycles. The van der Waals surface area contributed by atoms with E-state index in [1.165, 1.54) is 12.6 Å². The van der Waals surface area contributed by atoms with Crippen molar-refractivity contribution in [3.63, 3.8) is 0 Å². The maximum atomic E-state index is 12.7. The zero-order chi connectivity index (χ0) is 17.2. The number of benzene rings is 1. The highest BCUT2D eigenvalue weighted by Crippen LogP contribution is 2.44. The van der Waals surface area contributed by atoms with Crippen LogP contribution in [-0.2, 0) is 26.6 Å². The summed E-state index contributed by atoms with van der Waals surface area (Å²) in [5.41, 5.74) is 0.331. The number of amides is 1. The average Bonchev–Trinajstić information content (AvgIpc) is 2.99. The molecule has 24 heavy (non-hydrogen) atoms. The van der Waals surface area contributed by atoms with Crippen molar-refractivity contribution >= 4 is 15.7 Å². The van der Waals surface area contributed by atoms with Crippen LogP contribution in [0.25, 0.3) is 0 Å². The monoisotopic (exact) mass is 348 g/mol. The summed E-state index contributed by atoms with van der Waals surface area (Å²) >= 11 is 0. The van der Waals surface area contributed by atoms with Gasteiger partial charge in [0.05, 0.1) is 16.9 Å². The van der Waals surface area contributed by atoms with Crippen molar-refractivity contribution in [2.45, 2.75) is 36.1 Å². The molecular weight excluding hydrogens is 328 g/mol. The van der Waals surface area contributed by atoms with Crippen molar-refractivity contribution in [3.8, 4) is 0 Å². The maximum absolute atomic E-state index is 12.7. The number of nitrogens with one attached hydrogen (secondary N) is 1. The fourth-order valence-electron chi connectivity index (χ4n) is 3.00. The molecule has 3 rings (SSSR count). The van der Waals surface area contributed by atoms with Gasteiger partial charge in [0.15, 0.2) is 9.84 Å².